The van der Waals surface area contributed by atoms with E-state index in [1.165, 1.54) is 0 Å². The number of carbonyl (C=O) groups excluding carboxylic acids is 2. The second-order valence-corrected chi connectivity index (χ2v) is 8.73. The Hall–Kier alpha value is -2.78. The van der Waals surface area contributed by atoms with Crippen molar-refractivity contribution in [3.05, 3.63) is 35.6 Å². The normalized spacial score (nSPS) is 23.6. The number of likely N-dealkylation sites (tertiary alicyclic amines) is 1. The van der Waals surface area contributed by atoms with E-state index in [2.05, 4.69) is 5.32 Å². The summed E-state index contributed by atoms with van der Waals surface area (Å²) in [5, 5.41) is 12.3. The van der Waals surface area contributed by atoms with Crippen LogP contribution in [0.1, 0.15) is 50.5 Å². The lowest BCUT2D eigenvalue weighted by atomic mass is 9.80. The minimum Gasteiger partial charge on any atom is -0.459 e. The van der Waals surface area contributed by atoms with Gasteiger partial charge in [-0.3, -0.25) is 9.59 Å². The van der Waals surface area contributed by atoms with Crippen molar-refractivity contribution >= 4 is 11.8 Å². The third-order valence-corrected chi connectivity index (χ3v) is 6.48. The number of nitrogens with one attached hydrogen (secondary N) is 1. The Morgan fingerprint density at radius 1 is 1.26 bits per heavy atom. The van der Waals surface area contributed by atoms with Gasteiger partial charge < -0.3 is 34.3 Å². The van der Waals surface area contributed by atoms with Gasteiger partial charge in [0.2, 0.25) is 19.0 Å². The fourth-order valence-electron chi connectivity index (χ4n) is 4.76. The first kappa shape index (κ1) is 24.3. The molecule has 0 saturated carbocycles. The average Bonchev–Trinajstić information content (AvgIpc) is 3.48. The smallest absolute Gasteiger partial charge is 0.286 e. The molecule has 3 atom stereocenters. The van der Waals surface area contributed by atoms with Gasteiger partial charge in [-0.15, -0.1) is 0 Å². The molecule has 0 aliphatic carbocycles. The Kier molecular flexibility index (Phi) is 8.29. The molecule has 9 heteroatoms. The van der Waals surface area contributed by atoms with Gasteiger partial charge in [-0.05, 0) is 56.4 Å². The van der Waals surface area contributed by atoms with Crippen LogP contribution in [-0.2, 0) is 19.1 Å². The Bertz CT molecular complexity index is 903. The van der Waals surface area contributed by atoms with E-state index in [1.807, 2.05) is 36.1 Å². The molecule has 4 rings (SSSR count). The van der Waals surface area contributed by atoms with Crippen LogP contribution in [0.2, 0.25) is 0 Å². The molecule has 0 aromatic heterocycles. The number of hydrogen-bond acceptors (Lipinski definition) is 7. The van der Waals surface area contributed by atoms with Gasteiger partial charge in [0, 0.05) is 51.1 Å². The zero-order chi connectivity index (χ0) is 23.9. The Balaban J connectivity index is 1.48. The summed E-state index contributed by atoms with van der Waals surface area (Å²) >= 11 is 0. The summed E-state index contributed by atoms with van der Waals surface area (Å²) in [5.41, 5.74) is 0.970. The highest BCUT2D eigenvalue weighted by atomic mass is 16.7. The zero-order valence-electron chi connectivity index (χ0n) is 19.7. The standard InChI is InChI=1S/C25H34N2O7/c1-2-31-25-18(6-4-13-28)19(17-8-9-20-21(14-17)33-16-32-20)15-22(34-25)24(30)26-10-5-12-27-11-3-7-23(27)29/h8-9,14-15,18-19,25,28H,2-7,10-13,16H2,1H3,(H,26,30)/t18-,19-,25-/m1/s1. The van der Waals surface area contributed by atoms with E-state index >= 15 is 0 Å². The van der Waals surface area contributed by atoms with Crippen molar-refractivity contribution in [3.63, 3.8) is 0 Å². The summed E-state index contributed by atoms with van der Waals surface area (Å²) in [6.45, 7) is 4.47. The summed E-state index contributed by atoms with van der Waals surface area (Å²) in [6, 6.07) is 5.78. The first-order chi connectivity index (χ1) is 16.6. The molecule has 0 bridgehead atoms. The lowest BCUT2D eigenvalue weighted by molar-refractivity contribution is -0.166. The fraction of sp³-hybridized carbons (Fsp3) is 0.600. The first-order valence-corrected chi connectivity index (χ1v) is 12.2. The van der Waals surface area contributed by atoms with E-state index in [9.17, 15) is 14.7 Å². The van der Waals surface area contributed by atoms with Gasteiger partial charge in [0.15, 0.2) is 17.3 Å². The van der Waals surface area contributed by atoms with Crippen LogP contribution in [0.4, 0.5) is 0 Å². The van der Waals surface area contributed by atoms with Crippen LogP contribution in [0.25, 0.3) is 0 Å². The molecule has 9 nitrogen and oxygen atoms in total. The highest BCUT2D eigenvalue weighted by Crippen LogP contribution is 2.42. The molecule has 1 aromatic rings. The van der Waals surface area contributed by atoms with Gasteiger partial charge in [-0.2, -0.15) is 0 Å². The van der Waals surface area contributed by atoms with Gasteiger partial charge in [0.05, 0.1) is 0 Å². The molecule has 3 heterocycles. The van der Waals surface area contributed by atoms with E-state index < -0.39 is 6.29 Å². The van der Waals surface area contributed by atoms with Gasteiger partial charge in [0.25, 0.3) is 5.91 Å². The molecule has 0 unspecified atom stereocenters. The van der Waals surface area contributed by atoms with Crippen molar-refractivity contribution < 1.29 is 33.6 Å². The molecule has 1 fully saturated rings. The number of fused-ring (bicyclic) bond motifs is 1. The molecule has 0 radical (unpaired) electrons. The summed E-state index contributed by atoms with van der Waals surface area (Å²) in [4.78, 5) is 26.6. The third-order valence-electron chi connectivity index (χ3n) is 6.48. The van der Waals surface area contributed by atoms with Crippen LogP contribution in [-0.4, -0.2) is 67.8 Å². The SMILES string of the molecule is CCO[C@@H]1OC(C(=O)NCCCN2CCCC2=O)=C[C@H](c2ccc3c(c2)OCO3)[C@H]1CCCO. The molecular formula is C25H34N2O7. The number of amides is 2. The van der Waals surface area contributed by atoms with Crippen molar-refractivity contribution in [1.82, 2.24) is 10.2 Å². The van der Waals surface area contributed by atoms with Crippen LogP contribution in [0, 0.1) is 5.92 Å². The Labute approximate surface area is 200 Å². The number of ether oxygens (including phenoxy) is 4. The zero-order valence-corrected chi connectivity index (χ0v) is 19.7. The molecule has 1 saturated heterocycles. The monoisotopic (exact) mass is 474 g/mol. The molecule has 2 N–H and O–H groups in total. The van der Waals surface area contributed by atoms with Crippen LogP contribution < -0.4 is 14.8 Å². The number of hydrogen-bond donors (Lipinski definition) is 2. The predicted molar refractivity (Wildman–Crippen MR) is 123 cm³/mol. The maximum Gasteiger partial charge on any atom is 0.286 e. The number of aliphatic hydroxyl groups is 1. The maximum atomic E-state index is 13.0. The summed E-state index contributed by atoms with van der Waals surface area (Å²) in [6.07, 6.45) is 4.71. The molecular weight excluding hydrogens is 440 g/mol. The minimum absolute atomic E-state index is 0.0692. The predicted octanol–water partition coefficient (Wildman–Crippen LogP) is 2.29. The molecule has 0 spiro atoms. The lowest BCUT2D eigenvalue weighted by Gasteiger charge is -2.37. The summed E-state index contributed by atoms with van der Waals surface area (Å²) in [5.74, 6) is 1.24. The van der Waals surface area contributed by atoms with Crippen LogP contribution in [0.3, 0.4) is 0 Å². The average molecular weight is 475 g/mol. The highest BCUT2D eigenvalue weighted by molar-refractivity contribution is 5.91. The number of aliphatic hydroxyl groups excluding tert-OH is 1. The van der Waals surface area contributed by atoms with E-state index in [-0.39, 0.29) is 42.8 Å². The fourth-order valence-corrected chi connectivity index (χ4v) is 4.76. The molecule has 186 valence electrons. The molecule has 1 aromatic carbocycles. The van der Waals surface area contributed by atoms with Crippen molar-refractivity contribution in [2.24, 2.45) is 5.92 Å². The quantitative estimate of drug-likeness (QED) is 0.474. The molecule has 34 heavy (non-hydrogen) atoms. The van der Waals surface area contributed by atoms with E-state index in [0.29, 0.717) is 56.9 Å². The van der Waals surface area contributed by atoms with Gasteiger partial charge in [-0.1, -0.05) is 6.07 Å². The topological polar surface area (TPSA) is 107 Å². The second kappa shape index (κ2) is 11.6. The summed E-state index contributed by atoms with van der Waals surface area (Å²) in [7, 11) is 0. The minimum atomic E-state index is -0.611. The van der Waals surface area contributed by atoms with Crippen LogP contribution in [0.5, 0.6) is 11.5 Å². The molecule has 3 aliphatic heterocycles. The third kappa shape index (κ3) is 5.64. The first-order valence-electron chi connectivity index (χ1n) is 12.2. The van der Waals surface area contributed by atoms with Gasteiger partial charge in [-0.25, -0.2) is 0 Å². The van der Waals surface area contributed by atoms with Gasteiger partial charge >= 0.3 is 0 Å². The number of rotatable bonds is 11. The number of nitrogens with zero attached hydrogens (tertiary/aromatic N) is 1. The van der Waals surface area contributed by atoms with Crippen molar-refractivity contribution in [1.29, 1.82) is 0 Å². The van der Waals surface area contributed by atoms with E-state index in [1.54, 1.807) is 0 Å². The largest absolute Gasteiger partial charge is 0.459 e. The van der Waals surface area contributed by atoms with Crippen molar-refractivity contribution in [2.45, 2.75) is 51.2 Å². The Morgan fingerprint density at radius 3 is 2.88 bits per heavy atom. The molecule has 3 aliphatic rings. The maximum absolute atomic E-state index is 13.0. The van der Waals surface area contributed by atoms with Gasteiger partial charge in [0.1, 0.15) is 0 Å². The lowest BCUT2D eigenvalue weighted by Crippen LogP contribution is -2.39. The van der Waals surface area contributed by atoms with Crippen molar-refractivity contribution in [2.75, 3.05) is 39.6 Å². The van der Waals surface area contributed by atoms with Crippen LogP contribution >= 0.6 is 0 Å². The number of allylic oxidation sites excluding steroid dienone is 1. The second-order valence-electron chi connectivity index (χ2n) is 8.73. The van der Waals surface area contributed by atoms with Crippen molar-refractivity contribution in [3.8, 4) is 11.5 Å². The van der Waals surface area contributed by atoms with Crippen LogP contribution in [0.15, 0.2) is 30.0 Å². The molecule has 2 amide bonds. The van der Waals surface area contributed by atoms with E-state index in [0.717, 1.165) is 18.5 Å². The summed E-state index contributed by atoms with van der Waals surface area (Å²) < 4.78 is 22.9. The highest BCUT2D eigenvalue weighted by Gasteiger charge is 2.38. The number of carbonyl (C=O) groups is 2. The van der Waals surface area contributed by atoms with E-state index in [4.69, 9.17) is 18.9 Å². The number of benzene rings is 1. The Morgan fingerprint density at radius 2 is 2.12 bits per heavy atom.